The Morgan fingerprint density at radius 1 is 1.50 bits per heavy atom. The third-order valence-corrected chi connectivity index (χ3v) is 2.52. The molecule has 1 rings (SSSR count). The summed E-state index contributed by atoms with van der Waals surface area (Å²) in [5.41, 5.74) is 9.57. The number of aryl methyl sites for hydroxylation is 1. The van der Waals surface area contributed by atoms with Gasteiger partial charge in [0.05, 0.1) is 0 Å². The quantitative estimate of drug-likeness (QED) is 0.817. The van der Waals surface area contributed by atoms with Crippen LogP contribution in [-0.2, 0) is 0 Å². The van der Waals surface area contributed by atoms with Crippen LogP contribution in [0.3, 0.4) is 0 Å². The van der Waals surface area contributed by atoms with Crippen LogP contribution in [0.25, 0.3) is 0 Å². The average molecular weight is 254 g/mol. The highest BCUT2D eigenvalue weighted by atomic mass is 79.9. The van der Waals surface area contributed by atoms with Crippen LogP contribution in [0.15, 0.2) is 34.8 Å². The van der Waals surface area contributed by atoms with E-state index in [9.17, 15) is 0 Å². The van der Waals surface area contributed by atoms with E-state index in [1.165, 1.54) is 11.1 Å². The summed E-state index contributed by atoms with van der Waals surface area (Å²) >= 11 is 3.47. The molecule has 0 bridgehead atoms. The zero-order valence-electron chi connectivity index (χ0n) is 8.68. The fourth-order valence-corrected chi connectivity index (χ4v) is 2.10. The fourth-order valence-electron chi connectivity index (χ4n) is 1.47. The van der Waals surface area contributed by atoms with E-state index in [4.69, 9.17) is 5.73 Å². The van der Waals surface area contributed by atoms with Gasteiger partial charge in [0.1, 0.15) is 0 Å². The molecule has 0 radical (unpaired) electrons. The molecule has 2 N–H and O–H groups in total. The Balaban J connectivity index is 2.89. The summed E-state index contributed by atoms with van der Waals surface area (Å²) in [6.45, 7) is 7.95. The second kappa shape index (κ2) is 4.76. The van der Waals surface area contributed by atoms with Crippen molar-refractivity contribution in [2.75, 3.05) is 0 Å². The van der Waals surface area contributed by atoms with Crippen molar-refractivity contribution in [3.05, 3.63) is 46.0 Å². The minimum absolute atomic E-state index is 0.0590. The highest BCUT2D eigenvalue weighted by molar-refractivity contribution is 9.10. The van der Waals surface area contributed by atoms with Crippen LogP contribution < -0.4 is 5.73 Å². The third-order valence-electron chi connectivity index (χ3n) is 2.06. The maximum atomic E-state index is 6.05. The van der Waals surface area contributed by atoms with Crippen molar-refractivity contribution in [3.63, 3.8) is 0 Å². The lowest BCUT2D eigenvalue weighted by Gasteiger charge is -2.13. The monoisotopic (exact) mass is 253 g/mol. The first-order valence-electron chi connectivity index (χ1n) is 4.66. The van der Waals surface area contributed by atoms with Gasteiger partial charge in [-0.25, -0.2) is 0 Å². The number of rotatable bonds is 3. The molecule has 0 aromatic heterocycles. The van der Waals surface area contributed by atoms with Crippen LogP contribution in [0.1, 0.15) is 30.5 Å². The zero-order valence-corrected chi connectivity index (χ0v) is 10.3. The molecular weight excluding hydrogens is 238 g/mol. The summed E-state index contributed by atoms with van der Waals surface area (Å²) in [7, 11) is 0. The van der Waals surface area contributed by atoms with Gasteiger partial charge >= 0.3 is 0 Å². The summed E-state index contributed by atoms with van der Waals surface area (Å²) in [5, 5.41) is 0. The van der Waals surface area contributed by atoms with Crippen LogP contribution in [0, 0.1) is 6.92 Å². The molecule has 0 fully saturated rings. The first-order chi connectivity index (χ1) is 6.49. The topological polar surface area (TPSA) is 26.0 Å². The highest BCUT2D eigenvalue weighted by Crippen LogP contribution is 2.22. The molecule has 76 valence electrons. The van der Waals surface area contributed by atoms with Crippen LogP contribution in [-0.4, -0.2) is 0 Å². The molecule has 2 heteroatoms. The smallest absolute Gasteiger partial charge is 0.0332 e. The predicted octanol–water partition coefficient (Wildman–Crippen LogP) is 3.72. The third kappa shape index (κ3) is 3.28. The van der Waals surface area contributed by atoms with Gasteiger partial charge in [-0.05, 0) is 43.5 Å². The van der Waals surface area contributed by atoms with Crippen LogP contribution in [0.2, 0.25) is 0 Å². The highest BCUT2D eigenvalue weighted by Gasteiger charge is 2.07. The van der Waals surface area contributed by atoms with E-state index in [2.05, 4.69) is 47.6 Å². The molecule has 0 heterocycles. The minimum Gasteiger partial charge on any atom is -0.324 e. The summed E-state index contributed by atoms with van der Waals surface area (Å²) in [6.07, 6.45) is 0.843. The van der Waals surface area contributed by atoms with Crippen molar-refractivity contribution in [2.45, 2.75) is 26.3 Å². The number of nitrogens with two attached hydrogens (primary N) is 1. The Labute approximate surface area is 94.1 Å². The first-order valence-corrected chi connectivity index (χ1v) is 5.45. The number of halogens is 1. The Hall–Kier alpha value is -0.600. The zero-order chi connectivity index (χ0) is 10.7. The number of benzene rings is 1. The number of hydrogen-bond donors (Lipinski definition) is 1. The normalized spacial score (nSPS) is 12.6. The molecule has 1 atom stereocenters. The van der Waals surface area contributed by atoms with Gasteiger partial charge in [-0.1, -0.05) is 27.6 Å². The molecule has 0 aliphatic heterocycles. The van der Waals surface area contributed by atoms with Crippen molar-refractivity contribution >= 4 is 15.9 Å². The van der Waals surface area contributed by atoms with E-state index in [1.807, 2.05) is 6.92 Å². The van der Waals surface area contributed by atoms with Gasteiger partial charge in [-0.15, -0.1) is 6.58 Å². The second-order valence-electron chi connectivity index (χ2n) is 3.83. The SMILES string of the molecule is C=C(C)CC(N)c1cc(C)cc(Br)c1. The van der Waals surface area contributed by atoms with Gasteiger partial charge in [-0.3, -0.25) is 0 Å². The van der Waals surface area contributed by atoms with E-state index in [1.54, 1.807) is 0 Å². The lowest BCUT2D eigenvalue weighted by Crippen LogP contribution is -2.10. The van der Waals surface area contributed by atoms with Gasteiger partial charge in [-0.2, -0.15) is 0 Å². The Morgan fingerprint density at radius 3 is 2.64 bits per heavy atom. The second-order valence-corrected chi connectivity index (χ2v) is 4.75. The van der Waals surface area contributed by atoms with Gasteiger partial charge in [0.2, 0.25) is 0 Å². The first kappa shape index (κ1) is 11.5. The van der Waals surface area contributed by atoms with E-state index < -0.39 is 0 Å². The largest absolute Gasteiger partial charge is 0.324 e. The summed E-state index contributed by atoms with van der Waals surface area (Å²) in [6, 6.07) is 6.33. The van der Waals surface area contributed by atoms with E-state index in [0.29, 0.717) is 0 Å². The van der Waals surface area contributed by atoms with Gasteiger partial charge < -0.3 is 5.73 Å². The molecule has 0 saturated carbocycles. The summed E-state index contributed by atoms with van der Waals surface area (Å²) < 4.78 is 1.09. The molecule has 0 aliphatic rings. The van der Waals surface area contributed by atoms with Crippen molar-refractivity contribution in [2.24, 2.45) is 5.73 Å². The molecule has 1 nitrogen and oxygen atoms in total. The summed E-state index contributed by atoms with van der Waals surface area (Å²) in [4.78, 5) is 0. The average Bonchev–Trinajstić information content (AvgIpc) is 2.00. The lowest BCUT2D eigenvalue weighted by atomic mass is 10.00. The molecule has 0 saturated heterocycles. The molecule has 14 heavy (non-hydrogen) atoms. The van der Waals surface area contributed by atoms with Crippen molar-refractivity contribution in [1.82, 2.24) is 0 Å². The number of hydrogen-bond acceptors (Lipinski definition) is 1. The summed E-state index contributed by atoms with van der Waals surface area (Å²) in [5.74, 6) is 0. The molecule has 1 unspecified atom stereocenters. The Morgan fingerprint density at radius 2 is 2.14 bits per heavy atom. The van der Waals surface area contributed by atoms with Gasteiger partial charge in [0.15, 0.2) is 0 Å². The molecule has 0 aliphatic carbocycles. The van der Waals surface area contributed by atoms with Gasteiger partial charge in [0.25, 0.3) is 0 Å². The maximum absolute atomic E-state index is 6.05. The maximum Gasteiger partial charge on any atom is 0.0332 e. The predicted molar refractivity (Wildman–Crippen MR) is 65.2 cm³/mol. The molecule has 0 spiro atoms. The van der Waals surface area contributed by atoms with E-state index in [-0.39, 0.29) is 6.04 Å². The van der Waals surface area contributed by atoms with Crippen molar-refractivity contribution < 1.29 is 0 Å². The molecule has 1 aromatic carbocycles. The fraction of sp³-hybridized carbons (Fsp3) is 0.333. The molecule has 1 aromatic rings. The van der Waals surface area contributed by atoms with Crippen LogP contribution >= 0.6 is 15.9 Å². The van der Waals surface area contributed by atoms with Crippen LogP contribution in [0.5, 0.6) is 0 Å². The van der Waals surface area contributed by atoms with E-state index >= 15 is 0 Å². The Bertz CT molecular complexity index is 324. The standard InChI is InChI=1S/C12H16BrN/c1-8(2)4-12(14)10-5-9(3)6-11(13)7-10/h5-7,12H,1,4,14H2,2-3H3. The minimum atomic E-state index is 0.0590. The van der Waals surface area contributed by atoms with Crippen molar-refractivity contribution in [1.29, 1.82) is 0 Å². The molecule has 0 amide bonds. The van der Waals surface area contributed by atoms with Crippen molar-refractivity contribution in [3.8, 4) is 0 Å². The van der Waals surface area contributed by atoms with Crippen LogP contribution in [0.4, 0.5) is 0 Å². The Kier molecular flexibility index (Phi) is 3.90. The van der Waals surface area contributed by atoms with E-state index in [0.717, 1.165) is 16.5 Å². The molecular formula is C12H16BrN. The van der Waals surface area contributed by atoms with Gasteiger partial charge in [0, 0.05) is 10.5 Å². The lowest BCUT2D eigenvalue weighted by molar-refractivity contribution is 0.716.